The van der Waals surface area contributed by atoms with Gasteiger partial charge < -0.3 is 9.84 Å². The number of fused-ring (bicyclic) bond motifs is 2. The van der Waals surface area contributed by atoms with Crippen LogP contribution in [0.15, 0.2) is 54.7 Å². The van der Waals surface area contributed by atoms with Gasteiger partial charge in [0.25, 0.3) is 0 Å². The van der Waals surface area contributed by atoms with E-state index in [0.29, 0.717) is 25.4 Å². The highest BCUT2D eigenvalue weighted by Crippen LogP contribution is 2.49. The lowest BCUT2D eigenvalue weighted by Gasteiger charge is -2.35. The van der Waals surface area contributed by atoms with E-state index in [2.05, 4.69) is 11.1 Å². The standard InChI is InChI=1S/C24H24FNO2/c25-19-7-8-23-21(13-19)17(10-12-28-23)15-24(27,18-5-6-18)14-16-9-11-26-22-4-2-1-3-20(16)22/h1-4,7-9,11,13,17-18,27H,5-6,10,12,14-15H2. The fraction of sp³-hybridized carbons (Fsp3) is 0.375. The van der Waals surface area contributed by atoms with Gasteiger partial charge in [-0.2, -0.15) is 0 Å². The lowest BCUT2D eigenvalue weighted by atomic mass is 9.77. The molecule has 1 aromatic heterocycles. The van der Waals surface area contributed by atoms with Crippen LogP contribution in [0, 0.1) is 11.7 Å². The average molecular weight is 377 g/mol. The van der Waals surface area contributed by atoms with Crippen LogP contribution in [0.5, 0.6) is 5.75 Å². The number of pyridine rings is 1. The molecule has 3 aromatic rings. The molecule has 3 nitrogen and oxygen atoms in total. The predicted molar refractivity (Wildman–Crippen MR) is 107 cm³/mol. The average Bonchev–Trinajstić information content (AvgIpc) is 3.55. The van der Waals surface area contributed by atoms with Crippen molar-refractivity contribution in [2.45, 2.75) is 43.6 Å². The lowest BCUT2D eigenvalue weighted by Crippen LogP contribution is -2.37. The van der Waals surface area contributed by atoms with Crippen molar-refractivity contribution in [3.8, 4) is 5.75 Å². The minimum Gasteiger partial charge on any atom is -0.493 e. The van der Waals surface area contributed by atoms with Gasteiger partial charge >= 0.3 is 0 Å². The van der Waals surface area contributed by atoms with E-state index >= 15 is 0 Å². The molecule has 0 bridgehead atoms. The van der Waals surface area contributed by atoms with Gasteiger partial charge in [-0.3, -0.25) is 4.98 Å². The number of hydrogen-bond acceptors (Lipinski definition) is 3. The summed E-state index contributed by atoms with van der Waals surface area (Å²) in [6, 6.07) is 14.8. The van der Waals surface area contributed by atoms with Crippen LogP contribution in [-0.2, 0) is 6.42 Å². The number of aliphatic hydroxyl groups is 1. The minimum absolute atomic E-state index is 0.109. The highest BCUT2D eigenvalue weighted by atomic mass is 19.1. The SMILES string of the molecule is OC(Cc1ccnc2ccccc12)(CC1CCOc2ccc(F)cc21)C1CC1. The molecule has 144 valence electrons. The first kappa shape index (κ1) is 17.6. The number of hydrogen-bond donors (Lipinski definition) is 1. The van der Waals surface area contributed by atoms with Crippen LogP contribution in [0.25, 0.3) is 10.9 Å². The fourth-order valence-electron chi connectivity index (χ4n) is 4.72. The van der Waals surface area contributed by atoms with Crippen LogP contribution in [-0.4, -0.2) is 22.3 Å². The predicted octanol–water partition coefficient (Wildman–Crippen LogP) is 5.01. The van der Waals surface area contributed by atoms with E-state index in [1.54, 1.807) is 12.1 Å². The van der Waals surface area contributed by atoms with Crippen LogP contribution in [0.3, 0.4) is 0 Å². The zero-order valence-electron chi connectivity index (χ0n) is 15.8. The summed E-state index contributed by atoms with van der Waals surface area (Å²) < 4.78 is 19.6. The molecule has 0 radical (unpaired) electrons. The van der Waals surface area contributed by atoms with E-state index in [4.69, 9.17) is 4.74 Å². The van der Waals surface area contributed by atoms with Gasteiger partial charge in [-0.1, -0.05) is 18.2 Å². The topological polar surface area (TPSA) is 42.4 Å². The molecule has 2 atom stereocenters. The molecule has 5 rings (SSSR count). The largest absolute Gasteiger partial charge is 0.493 e. The van der Waals surface area contributed by atoms with Crippen molar-refractivity contribution in [1.29, 1.82) is 0 Å². The van der Waals surface area contributed by atoms with E-state index in [9.17, 15) is 9.50 Å². The maximum absolute atomic E-state index is 13.9. The number of benzene rings is 2. The Morgan fingerprint density at radius 1 is 1.11 bits per heavy atom. The third-order valence-electron chi connectivity index (χ3n) is 6.31. The summed E-state index contributed by atoms with van der Waals surface area (Å²) in [4.78, 5) is 4.45. The van der Waals surface area contributed by atoms with Crippen molar-refractivity contribution in [1.82, 2.24) is 4.98 Å². The van der Waals surface area contributed by atoms with E-state index in [0.717, 1.165) is 47.0 Å². The summed E-state index contributed by atoms with van der Waals surface area (Å²) >= 11 is 0. The number of nitrogens with zero attached hydrogens (tertiary/aromatic N) is 1. The minimum atomic E-state index is -0.796. The molecule has 2 aromatic carbocycles. The lowest BCUT2D eigenvalue weighted by molar-refractivity contribution is -0.000589. The third kappa shape index (κ3) is 3.26. The van der Waals surface area contributed by atoms with Gasteiger partial charge in [-0.25, -0.2) is 4.39 Å². The number of halogens is 1. The molecule has 0 amide bonds. The van der Waals surface area contributed by atoms with Crippen LogP contribution < -0.4 is 4.74 Å². The summed E-state index contributed by atoms with van der Waals surface area (Å²) in [5.74, 6) is 0.923. The van der Waals surface area contributed by atoms with Gasteiger partial charge in [0.2, 0.25) is 0 Å². The highest BCUT2D eigenvalue weighted by molar-refractivity contribution is 5.81. The third-order valence-corrected chi connectivity index (χ3v) is 6.31. The van der Waals surface area contributed by atoms with Crippen molar-refractivity contribution < 1.29 is 14.2 Å². The molecule has 2 unspecified atom stereocenters. The summed E-state index contributed by atoms with van der Waals surface area (Å²) in [5, 5.41) is 12.9. The van der Waals surface area contributed by atoms with Gasteiger partial charge in [-0.15, -0.1) is 0 Å². The maximum Gasteiger partial charge on any atom is 0.123 e. The van der Waals surface area contributed by atoms with Crippen LogP contribution in [0.1, 0.15) is 42.7 Å². The summed E-state index contributed by atoms with van der Waals surface area (Å²) in [7, 11) is 0. The number of para-hydroxylation sites is 1. The Balaban J connectivity index is 1.48. The van der Waals surface area contributed by atoms with Crippen LogP contribution in [0.2, 0.25) is 0 Å². The van der Waals surface area contributed by atoms with Gasteiger partial charge in [-0.05, 0) is 73.4 Å². The van der Waals surface area contributed by atoms with E-state index in [1.807, 2.05) is 30.5 Å². The zero-order chi connectivity index (χ0) is 19.1. The van der Waals surface area contributed by atoms with Crippen molar-refractivity contribution >= 4 is 10.9 Å². The Hall–Kier alpha value is -2.46. The molecule has 0 spiro atoms. The highest BCUT2D eigenvalue weighted by Gasteiger charge is 2.46. The Morgan fingerprint density at radius 2 is 1.96 bits per heavy atom. The van der Waals surface area contributed by atoms with Gasteiger partial charge in [0, 0.05) is 23.6 Å². The van der Waals surface area contributed by atoms with Crippen molar-refractivity contribution in [2.24, 2.45) is 5.92 Å². The normalized spacial score (nSPS) is 21.0. The number of rotatable bonds is 5. The van der Waals surface area contributed by atoms with Gasteiger partial charge in [0.15, 0.2) is 0 Å². The second-order valence-electron chi connectivity index (χ2n) is 8.26. The van der Waals surface area contributed by atoms with Crippen LogP contribution >= 0.6 is 0 Å². The quantitative estimate of drug-likeness (QED) is 0.679. The first-order valence-corrected chi connectivity index (χ1v) is 10.1. The number of aromatic nitrogens is 1. The second kappa shape index (κ2) is 6.85. The zero-order valence-corrected chi connectivity index (χ0v) is 15.8. The molecular formula is C24H24FNO2. The van der Waals surface area contributed by atoms with E-state index in [-0.39, 0.29) is 11.7 Å². The molecule has 2 heterocycles. The Morgan fingerprint density at radius 3 is 2.82 bits per heavy atom. The molecule has 28 heavy (non-hydrogen) atoms. The number of ether oxygens (including phenoxy) is 1. The molecule has 1 aliphatic carbocycles. The van der Waals surface area contributed by atoms with E-state index in [1.165, 1.54) is 6.07 Å². The van der Waals surface area contributed by atoms with Gasteiger partial charge in [0.1, 0.15) is 11.6 Å². The summed E-state index contributed by atoms with van der Waals surface area (Å²) in [5.41, 5.74) is 2.18. The summed E-state index contributed by atoms with van der Waals surface area (Å²) in [6.07, 6.45) is 5.97. The van der Waals surface area contributed by atoms with E-state index < -0.39 is 5.60 Å². The fourth-order valence-corrected chi connectivity index (χ4v) is 4.72. The molecule has 1 aliphatic heterocycles. The maximum atomic E-state index is 13.9. The molecule has 2 aliphatic rings. The molecule has 1 N–H and O–H groups in total. The second-order valence-corrected chi connectivity index (χ2v) is 8.26. The molecular weight excluding hydrogens is 353 g/mol. The molecule has 0 saturated heterocycles. The first-order chi connectivity index (χ1) is 13.6. The first-order valence-electron chi connectivity index (χ1n) is 10.1. The molecule has 4 heteroatoms. The Kier molecular flexibility index (Phi) is 4.31. The Labute approximate surface area is 164 Å². The van der Waals surface area contributed by atoms with Crippen LogP contribution in [0.4, 0.5) is 4.39 Å². The molecule has 1 saturated carbocycles. The monoisotopic (exact) mass is 377 g/mol. The Bertz CT molecular complexity index is 1010. The summed E-state index contributed by atoms with van der Waals surface area (Å²) in [6.45, 7) is 0.613. The van der Waals surface area contributed by atoms with Crippen molar-refractivity contribution in [3.63, 3.8) is 0 Å². The molecule has 1 fully saturated rings. The van der Waals surface area contributed by atoms with Crippen molar-refractivity contribution in [2.75, 3.05) is 6.61 Å². The smallest absolute Gasteiger partial charge is 0.123 e. The van der Waals surface area contributed by atoms with Gasteiger partial charge in [0.05, 0.1) is 17.7 Å². The van der Waals surface area contributed by atoms with Crippen molar-refractivity contribution in [3.05, 3.63) is 71.7 Å².